The summed E-state index contributed by atoms with van der Waals surface area (Å²) in [6.45, 7) is 2.95. The predicted octanol–water partition coefficient (Wildman–Crippen LogP) is 0.0318. The molecule has 1 rings (SSSR count). The molecule has 0 spiro atoms. The Hall–Kier alpha value is -1.63. The number of carbonyl (C=O) groups is 3. The summed E-state index contributed by atoms with van der Waals surface area (Å²) in [7, 11) is 0. The van der Waals surface area contributed by atoms with Crippen molar-refractivity contribution < 1.29 is 29.0 Å². The monoisotopic (exact) mass is 273 g/mol. The Kier molecular flexibility index (Phi) is 6.27. The summed E-state index contributed by atoms with van der Waals surface area (Å²) in [5.74, 6) is -1.62. The Labute approximate surface area is 111 Å². The molecule has 0 aromatic heterocycles. The first-order valence-electron chi connectivity index (χ1n) is 6.29. The molecule has 19 heavy (non-hydrogen) atoms. The molecule has 7 nitrogen and oxygen atoms in total. The van der Waals surface area contributed by atoms with E-state index in [1.807, 2.05) is 0 Å². The minimum atomic E-state index is -0.973. The van der Waals surface area contributed by atoms with Crippen molar-refractivity contribution in [2.45, 2.75) is 32.2 Å². The summed E-state index contributed by atoms with van der Waals surface area (Å²) in [5.41, 5.74) is 0. The highest BCUT2D eigenvalue weighted by Gasteiger charge is 2.29. The van der Waals surface area contributed by atoms with Gasteiger partial charge in [-0.2, -0.15) is 0 Å². The molecule has 7 heteroatoms. The fraction of sp³-hybridized carbons (Fsp3) is 0.750. The smallest absolute Gasteiger partial charge is 0.306 e. The zero-order valence-electron chi connectivity index (χ0n) is 11.0. The van der Waals surface area contributed by atoms with Gasteiger partial charge in [0.2, 0.25) is 5.91 Å². The SMILES string of the molecule is CCOC(=O)CCC(=O)N1CCOCC1CC(=O)O. The van der Waals surface area contributed by atoms with E-state index in [-0.39, 0.29) is 38.4 Å². The van der Waals surface area contributed by atoms with Crippen LogP contribution in [0.5, 0.6) is 0 Å². The molecule has 1 amide bonds. The second kappa shape index (κ2) is 7.73. The average Bonchev–Trinajstić information content (AvgIpc) is 2.36. The molecule has 1 aliphatic heterocycles. The van der Waals surface area contributed by atoms with Crippen LogP contribution in [-0.2, 0) is 23.9 Å². The molecule has 0 aromatic rings. The van der Waals surface area contributed by atoms with Gasteiger partial charge in [0.25, 0.3) is 0 Å². The summed E-state index contributed by atoms with van der Waals surface area (Å²) in [4.78, 5) is 35.3. The van der Waals surface area contributed by atoms with Gasteiger partial charge in [-0.15, -0.1) is 0 Å². The zero-order valence-corrected chi connectivity index (χ0v) is 11.0. The quantitative estimate of drug-likeness (QED) is 0.686. The first-order valence-corrected chi connectivity index (χ1v) is 6.29. The van der Waals surface area contributed by atoms with Crippen LogP contribution in [0.15, 0.2) is 0 Å². The second-order valence-electron chi connectivity index (χ2n) is 4.22. The number of amides is 1. The van der Waals surface area contributed by atoms with Gasteiger partial charge < -0.3 is 19.5 Å². The number of hydrogen-bond donors (Lipinski definition) is 1. The first kappa shape index (κ1) is 15.4. The van der Waals surface area contributed by atoms with Crippen LogP contribution in [0, 0.1) is 0 Å². The summed E-state index contributed by atoms with van der Waals surface area (Å²) in [6.07, 6.45) is -0.0933. The molecule has 1 atom stereocenters. The van der Waals surface area contributed by atoms with E-state index >= 15 is 0 Å². The van der Waals surface area contributed by atoms with Gasteiger partial charge in [-0.05, 0) is 6.92 Å². The van der Waals surface area contributed by atoms with Crippen molar-refractivity contribution in [1.29, 1.82) is 0 Å². The van der Waals surface area contributed by atoms with E-state index in [2.05, 4.69) is 0 Å². The van der Waals surface area contributed by atoms with E-state index in [0.29, 0.717) is 13.2 Å². The molecular formula is C12H19NO6. The maximum absolute atomic E-state index is 12.0. The molecule has 1 unspecified atom stereocenters. The lowest BCUT2D eigenvalue weighted by atomic mass is 10.1. The number of rotatable bonds is 6. The lowest BCUT2D eigenvalue weighted by molar-refractivity contribution is -0.150. The van der Waals surface area contributed by atoms with Gasteiger partial charge in [0.1, 0.15) is 0 Å². The van der Waals surface area contributed by atoms with E-state index in [1.54, 1.807) is 6.92 Å². The second-order valence-corrected chi connectivity index (χ2v) is 4.22. The minimum Gasteiger partial charge on any atom is -0.481 e. The van der Waals surface area contributed by atoms with Crippen molar-refractivity contribution in [2.24, 2.45) is 0 Å². The van der Waals surface area contributed by atoms with Crippen molar-refractivity contribution in [1.82, 2.24) is 4.90 Å². The maximum Gasteiger partial charge on any atom is 0.306 e. The number of aliphatic carboxylic acids is 1. The van der Waals surface area contributed by atoms with Crippen LogP contribution in [0.2, 0.25) is 0 Å². The van der Waals surface area contributed by atoms with Crippen molar-refractivity contribution in [3.05, 3.63) is 0 Å². The average molecular weight is 273 g/mol. The number of hydrogen-bond acceptors (Lipinski definition) is 5. The van der Waals surface area contributed by atoms with Gasteiger partial charge in [0.15, 0.2) is 0 Å². The number of morpholine rings is 1. The number of nitrogens with zero attached hydrogens (tertiary/aromatic N) is 1. The van der Waals surface area contributed by atoms with E-state index in [0.717, 1.165) is 0 Å². The maximum atomic E-state index is 12.0. The first-order chi connectivity index (χ1) is 9.04. The van der Waals surface area contributed by atoms with E-state index in [1.165, 1.54) is 4.90 Å². The molecule has 0 saturated carbocycles. The van der Waals surface area contributed by atoms with Crippen LogP contribution >= 0.6 is 0 Å². The Morgan fingerprint density at radius 3 is 2.74 bits per heavy atom. The third-order valence-electron chi connectivity index (χ3n) is 2.81. The fourth-order valence-corrected chi connectivity index (χ4v) is 1.94. The number of esters is 1. The van der Waals surface area contributed by atoms with Gasteiger partial charge in [0.05, 0.1) is 38.7 Å². The Morgan fingerprint density at radius 2 is 2.11 bits per heavy atom. The Morgan fingerprint density at radius 1 is 1.37 bits per heavy atom. The number of carbonyl (C=O) groups excluding carboxylic acids is 2. The van der Waals surface area contributed by atoms with Crippen LogP contribution in [0.1, 0.15) is 26.2 Å². The molecule has 1 aliphatic rings. The lowest BCUT2D eigenvalue weighted by Gasteiger charge is -2.34. The summed E-state index contributed by atoms with van der Waals surface area (Å²) < 4.78 is 9.92. The molecular weight excluding hydrogens is 254 g/mol. The van der Waals surface area contributed by atoms with Crippen molar-refractivity contribution >= 4 is 17.8 Å². The van der Waals surface area contributed by atoms with Crippen LogP contribution in [0.25, 0.3) is 0 Å². The van der Waals surface area contributed by atoms with Crippen molar-refractivity contribution in [3.8, 4) is 0 Å². The fourth-order valence-electron chi connectivity index (χ4n) is 1.94. The summed E-state index contributed by atoms with van der Waals surface area (Å²) >= 11 is 0. The lowest BCUT2D eigenvalue weighted by Crippen LogP contribution is -2.49. The number of carboxylic acids is 1. The van der Waals surface area contributed by atoms with Crippen LogP contribution in [-0.4, -0.2) is 60.3 Å². The molecule has 0 aromatic carbocycles. The summed E-state index contributed by atoms with van der Waals surface area (Å²) in [6, 6.07) is -0.457. The molecule has 0 aliphatic carbocycles. The highest BCUT2D eigenvalue weighted by atomic mass is 16.5. The van der Waals surface area contributed by atoms with E-state index < -0.39 is 18.0 Å². The highest BCUT2D eigenvalue weighted by Crippen LogP contribution is 2.13. The van der Waals surface area contributed by atoms with E-state index in [4.69, 9.17) is 14.6 Å². The molecule has 108 valence electrons. The number of carboxylic acid groups (broad SMARTS) is 1. The normalized spacial score (nSPS) is 19.0. The third-order valence-corrected chi connectivity index (χ3v) is 2.81. The van der Waals surface area contributed by atoms with Gasteiger partial charge in [-0.3, -0.25) is 14.4 Å². The minimum absolute atomic E-state index is 0.0177. The topological polar surface area (TPSA) is 93.1 Å². The largest absolute Gasteiger partial charge is 0.481 e. The Balaban J connectivity index is 2.47. The van der Waals surface area contributed by atoms with Gasteiger partial charge in [0, 0.05) is 13.0 Å². The van der Waals surface area contributed by atoms with Crippen molar-refractivity contribution in [3.63, 3.8) is 0 Å². The highest BCUT2D eigenvalue weighted by molar-refractivity contribution is 5.82. The van der Waals surface area contributed by atoms with Crippen LogP contribution < -0.4 is 0 Å². The van der Waals surface area contributed by atoms with E-state index in [9.17, 15) is 14.4 Å². The molecule has 1 heterocycles. The third kappa shape index (κ3) is 5.25. The standard InChI is InChI=1S/C12H19NO6/c1-2-19-12(17)4-3-10(14)13-5-6-18-8-9(13)7-11(15)16/h9H,2-8H2,1H3,(H,15,16). The van der Waals surface area contributed by atoms with Gasteiger partial charge in [-0.1, -0.05) is 0 Å². The predicted molar refractivity (Wildman–Crippen MR) is 64.4 cm³/mol. The molecule has 0 bridgehead atoms. The molecule has 1 saturated heterocycles. The molecule has 0 radical (unpaired) electrons. The zero-order chi connectivity index (χ0) is 14.3. The molecule has 1 N–H and O–H groups in total. The molecule has 1 fully saturated rings. The van der Waals surface area contributed by atoms with Crippen molar-refractivity contribution in [2.75, 3.05) is 26.4 Å². The van der Waals surface area contributed by atoms with Crippen LogP contribution in [0.3, 0.4) is 0 Å². The van der Waals surface area contributed by atoms with Gasteiger partial charge in [-0.25, -0.2) is 0 Å². The van der Waals surface area contributed by atoms with Crippen LogP contribution in [0.4, 0.5) is 0 Å². The van der Waals surface area contributed by atoms with Gasteiger partial charge >= 0.3 is 11.9 Å². The number of ether oxygens (including phenoxy) is 2. The Bertz CT molecular complexity index is 343. The summed E-state index contributed by atoms with van der Waals surface area (Å²) in [5, 5.41) is 8.79.